The Morgan fingerprint density at radius 3 is 2.67 bits per heavy atom. The van der Waals surface area contributed by atoms with Crippen LogP contribution in [0.2, 0.25) is 0 Å². The zero-order valence-corrected chi connectivity index (χ0v) is 13.7. The standard InChI is InChI=1S/C21H20N2O/c1-15-13-19-20(11-12-22-21(19)24)23(15)14-17-9-5-6-10-18(17)16-7-3-2-4-8-16/h2-10,12-13,21,24H,11,14H2,1H3. The van der Waals surface area contributed by atoms with E-state index in [1.54, 1.807) is 0 Å². The van der Waals surface area contributed by atoms with Crippen LogP contribution in [0.4, 0.5) is 0 Å². The molecule has 1 aliphatic rings. The fourth-order valence-electron chi connectivity index (χ4n) is 3.47. The molecule has 1 aliphatic heterocycles. The summed E-state index contributed by atoms with van der Waals surface area (Å²) in [5.41, 5.74) is 7.03. The van der Waals surface area contributed by atoms with Gasteiger partial charge in [-0.3, -0.25) is 4.99 Å². The maximum absolute atomic E-state index is 10.1. The first-order chi connectivity index (χ1) is 11.7. The van der Waals surface area contributed by atoms with Gasteiger partial charge in [0.25, 0.3) is 0 Å². The Hall–Kier alpha value is -2.65. The van der Waals surface area contributed by atoms with Crippen LogP contribution in [0.15, 0.2) is 65.7 Å². The summed E-state index contributed by atoms with van der Waals surface area (Å²) in [6.07, 6.45) is 1.86. The van der Waals surface area contributed by atoms with Crippen molar-refractivity contribution in [1.82, 2.24) is 4.57 Å². The third-order valence-corrected chi connectivity index (χ3v) is 4.69. The van der Waals surface area contributed by atoms with Crippen LogP contribution in [0.5, 0.6) is 0 Å². The summed E-state index contributed by atoms with van der Waals surface area (Å²) in [6.45, 7) is 2.89. The van der Waals surface area contributed by atoms with Gasteiger partial charge in [-0.15, -0.1) is 0 Å². The van der Waals surface area contributed by atoms with Gasteiger partial charge in [0.05, 0.1) is 0 Å². The number of rotatable bonds is 3. The van der Waals surface area contributed by atoms with E-state index in [9.17, 15) is 5.11 Å². The van der Waals surface area contributed by atoms with Crippen molar-refractivity contribution in [3.63, 3.8) is 0 Å². The minimum atomic E-state index is -0.724. The topological polar surface area (TPSA) is 37.5 Å². The van der Waals surface area contributed by atoms with Crippen LogP contribution in [0.1, 0.15) is 28.7 Å². The van der Waals surface area contributed by atoms with E-state index in [2.05, 4.69) is 71.1 Å². The predicted octanol–water partition coefficient (Wildman–Crippen LogP) is 4.13. The highest BCUT2D eigenvalue weighted by Gasteiger charge is 2.21. The maximum Gasteiger partial charge on any atom is 0.172 e. The van der Waals surface area contributed by atoms with Crippen molar-refractivity contribution < 1.29 is 5.11 Å². The van der Waals surface area contributed by atoms with E-state index < -0.39 is 6.23 Å². The number of aliphatic hydroxyl groups is 1. The normalized spacial score (nSPS) is 16.2. The Bertz CT molecular complexity index is 893. The molecule has 0 saturated carbocycles. The molecule has 1 N–H and O–H groups in total. The first-order valence-corrected chi connectivity index (χ1v) is 8.26. The number of aromatic nitrogens is 1. The molecule has 0 radical (unpaired) electrons. The number of fused-ring (bicyclic) bond motifs is 1. The molecule has 1 atom stereocenters. The minimum absolute atomic E-state index is 0.724. The molecule has 3 aromatic rings. The van der Waals surface area contributed by atoms with Gasteiger partial charge < -0.3 is 9.67 Å². The number of aliphatic hydroxyl groups excluding tert-OH is 1. The monoisotopic (exact) mass is 316 g/mol. The molecule has 0 fully saturated rings. The summed E-state index contributed by atoms with van der Waals surface area (Å²) in [5, 5.41) is 10.1. The molecular weight excluding hydrogens is 296 g/mol. The van der Waals surface area contributed by atoms with Crippen LogP contribution in [0, 0.1) is 6.92 Å². The summed E-state index contributed by atoms with van der Waals surface area (Å²) in [6, 6.07) is 21.1. The SMILES string of the molecule is Cc1cc2c(n1Cc1ccccc1-c1ccccc1)CC=NC2O. The van der Waals surface area contributed by atoms with E-state index in [0.717, 1.165) is 29.9 Å². The van der Waals surface area contributed by atoms with Gasteiger partial charge in [-0.1, -0.05) is 54.6 Å². The average Bonchev–Trinajstić information content (AvgIpc) is 2.94. The first-order valence-electron chi connectivity index (χ1n) is 8.26. The van der Waals surface area contributed by atoms with Crippen LogP contribution in [-0.4, -0.2) is 15.9 Å². The van der Waals surface area contributed by atoms with Gasteiger partial charge >= 0.3 is 0 Å². The van der Waals surface area contributed by atoms with Gasteiger partial charge in [-0.2, -0.15) is 0 Å². The lowest BCUT2D eigenvalue weighted by atomic mass is 9.99. The van der Waals surface area contributed by atoms with Crippen molar-refractivity contribution in [3.8, 4) is 11.1 Å². The quantitative estimate of drug-likeness (QED) is 0.775. The number of benzene rings is 2. The number of nitrogens with zero attached hydrogens (tertiary/aromatic N) is 2. The van der Waals surface area contributed by atoms with Gasteiger partial charge in [0.15, 0.2) is 6.23 Å². The summed E-state index contributed by atoms with van der Waals surface area (Å²) in [4.78, 5) is 4.12. The first kappa shape index (κ1) is 14.9. The van der Waals surface area contributed by atoms with E-state index in [1.807, 2.05) is 12.3 Å². The molecule has 1 aromatic heterocycles. The molecule has 0 aliphatic carbocycles. The largest absolute Gasteiger partial charge is 0.368 e. The Balaban J connectivity index is 1.76. The molecular formula is C21H20N2O. The molecule has 1 unspecified atom stereocenters. The third-order valence-electron chi connectivity index (χ3n) is 4.69. The van der Waals surface area contributed by atoms with Crippen molar-refractivity contribution in [2.75, 3.05) is 0 Å². The summed E-state index contributed by atoms with van der Waals surface area (Å²) in [7, 11) is 0. The zero-order valence-electron chi connectivity index (χ0n) is 13.7. The van der Waals surface area contributed by atoms with E-state index in [0.29, 0.717) is 0 Å². The van der Waals surface area contributed by atoms with Gasteiger partial charge in [0, 0.05) is 36.1 Å². The Kier molecular flexibility index (Phi) is 3.79. The second-order valence-corrected chi connectivity index (χ2v) is 6.21. The molecule has 0 amide bonds. The van der Waals surface area contributed by atoms with Crippen LogP contribution in [0.3, 0.4) is 0 Å². The van der Waals surface area contributed by atoms with E-state index >= 15 is 0 Å². The van der Waals surface area contributed by atoms with Gasteiger partial charge in [0.2, 0.25) is 0 Å². The predicted molar refractivity (Wildman–Crippen MR) is 97.3 cm³/mol. The van der Waals surface area contributed by atoms with Gasteiger partial charge in [0.1, 0.15) is 0 Å². The highest BCUT2D eigenvalue weighted by molar-refractivity contribution is 5.68. The summed E-state index contributed by atoms with van der Waals surface area (Å²) < 4.78 is 2.30. The number of hydrogen-bond acceptors (Lipinski definition) is 2. The number of hydrogen-bond donors (Lipinski definition) is 1. The van der Waals surface area contributed by atoms with Crippen LogP contribution >= 0.6 is 0 Å². The molecule has 0 spiro atoms. The highest BCUT2D eigenvalue weighted by Crippen LogP contribution is 2.30. The molecule has 24 heavy (non-hydrogen) atoms. The van der Waals surface area contributed by atoms with Crippen molar-refractivity contribution in [2.45, 2.75) is 26.1 Å². The average molecular weight is 316 g/mol. The molecule has 4 rings (SSSR count). The Morgan fingerprint density at radius 1 is 1.08 bits per heavy atom. The fraction of sp³-hybridized carbons (Fsp3) is 0.190. The fourth-order valence-corrected chi connectivity index (χ4v) is 3.47. The second-order valence-electron chi connectivity index (χ2n) is 6.21. The minimum Gasteiger partial charge on any atom is -0.368 e. The smallest absolute Gasteiger partial charge is 0.172 e. The molecule has 2 heterocycles. The molecule has 0 bridgehead atoms. The molecule has 3 heteroatoms. The highest BCUT2D eigenvalue weighted by atomic mass is 16.3. The Labute approximate surface area is 141 Å². The maximum atomic E-state index is 10.1. The van der Waals surface area contributed by atoms with Crippen molar-refractivity contribution in [2.24, 2.45) is 4.99 Å². The van der Waals surface area contributed by atoms with Crippen LogP contribution in [-0.2, 0) is 13.0 Å². The van der Waals surface area contributed by atoms with Crippen molar-refractivity contribution >= 4 is 6.21 Å². The van der Waals surface area contributed by atoms with Crippen LogP contribution < -0.4 is 0 Å². The summed E-state index contributed by atoms with van der Waals surface area (Å²) in [5.74, 6) is 0. The van der Waals surface area contributed by atoms with Gasteiger partial charge in [-0.25, -0.2) is 0 Å². The lowest BCUT2D eigenvalue weighted by Crippen LogP contribution is -2.12. The van der Waals surface area contributed by atoms with E-state index in [-0.39, 0.29) is 0 Å². The lowest BCUT2D eigenvalue weighted by molar-refractivity contribution is 0.186. The Morgan fingerprint density at radius 2 is 1.83 bits per heavy atom. The van der Waals surface area contributed by atoms with E-state index in [4.69, 9.17) is 0 Å². The van der Waals surface area contributed by atoms with Crippen LogP contribution in [0.25, 0.3) is 11.1 Å². The van der Waals surface area contributed by atoms with E-state index in [1.165, 1.54) is 16.7 Å². The van der Waals surface area contributed by atoms with Crippen molar-refractivity contribution in [3.05, 3.63) is 83.2 Å². The lowest BCUT2D eigenvalue weighted by Gasteiger charge is -2.18. The molecule has 2 aromatic carbocycles. The van der Waals surface area contributed by atoms with Crippen molar-refractivity contribution in [1.29, 1.82) is 0 Å². The van der Waals surface area contributed by atoms with Gasteiger partial charge in [-0.05, 0) is 29.7 Å². The third kappa shape index (κ3) is 2.57. The zero-order chi connectivity index (χ0) is 16.5. The molecule has 0 saturated heterocycles. The number of aryl methyl sites for hydroxylation is 1. The number of aliphatic imine (C=N–C) groups is 1. The summed E-state index contributed by atoms with van der Waals surface area (Å²) >= 11 is 0. The molecule has 120 valence electrons. The molecule has 3 nitrogen and oxygen atoms in total. The second kappa shape index (κ2) is 6.10.